The lowest BCUT2D eigenvalue weighted by Gasteiger charge is -2.15. The van der Waals surface area contributed by atoms with Crippen LogP contribution in [0.25, 0.3) is 0 Å². The van der Waals surface area contributed by atoms with Gasteiger partial charge in [-0.05, 0) is 32.0 Å². The van der Waals surface area contributed by atoms with Crippen LogP contribution in [-0.4, -0.2) is 47.2 Å². The molecule has 2 aromatic rings. The van der Waals surface area contributed by atoms with Crippen LogP contribution in [0.4, 0.5) is 5.69 Å². The summed E-state index contributed by atoms with van der Waals surface area (Å²) < 4.78 is 11.2. The molecule has 1 amide bonds. The third kappa shape index (κ3) is 6.14. The molecule has 1 heterocycles. The summed E-state index contributed by atoms with van der Waals surface area (Å²) in [6, 6.07) is 12.9. The molecule has 0 saturated heterocycles. The number of carboxylic acid groups (broad SMARTS) is 1. The zero-order valence-electron chi connectivity index (χ0n) is 17.5. The number of aliphatic carboxylic acids is 1. The summed E-state index contributed by atoms with van der Waals surface area (Å²) in [4.78, 5) is 28.0. The molecule has 0 radical (unpaired) electrons. The number of hydrogen-bond acceptors (Lipinski definition) is 7. The molecule has 2 aromatic carbocycles. The van der Waals surface area contributed by atoms with Crippen molar-refractivity contribution in [2.24, 2.45) is 4.99 Å². The van der Waals surface area contributed by atoms with Gasteiger partial charge in [-0.1, -0.05) is 30.0 Å². The Bertz CT molecular complexity index is 993. The van der Waals surface area contributed by atoms with Crippen LogP contribution in [0.5, 0.6) is 11.5 Å². The fourth-order valence-corrected chi connectivity index (χ4v) is 3.78. The summed E-state index contributed by atoms with van der Waals surface area (Å²) >= 11 is 1.03. The number of aliphatic imine (C=N–C) groups is 1. The molecule has 8 nitrogen and oxygen atoms in total. The zero-order chi connectivity index (χ0) is 22.4. The molecule has 0 aromatic heterocycles. The lowest BCUT2D eigenvalue weighted by atomic mass is 10.1. The minimum Gasteiger partial charge on any atom is -0.496 e. The summed E-state index contributed by atoms with van der Waals surface area (Å²) in [5, 5.41) is 14.7. The summed E-state index contributed by atoms with van der Waals surface area (Å²) in [7, 11) is 1.62. The second-order valence-electron chi connectivity index (χ2n) is 7.12. The Morgan fingerprint density at radius 3 is 2.71 bits per heavy atom. The number of thioether (sulfide) groups is 1. The fourth-order valence-electron chi connectivity index (χ4n) is 2.96. The SMILES string of the molecule is COc1ccccc1CNc1cc(OC(C)C)cc(C(=O)NC2=NCC(C(=O)O)S2)c1. The van der Waals surface area contributed by atoms with Crippen LogP contribution >= 0.6 is 11.8 Å². The normalized spacial score (nSPS) is 15.4. The van der Waals surface area contributed by atoms with E-state index in [2.05, 4.69) is 15.6 Å². The van der Waals surface area contributed by atoms with Gasteiger partial charge in [0.05, 0.1) is 19.8 Å². The largest absolute Gasteiger partial charge is 0.496 e. The van der Waals surface area contributed by atoms with E-state index in [4.69, 9.17) is 14.6 Å². The number of nitrogens with one attached hydrogen (secondary N) is 2. The maximum absolute atomic E-state index is 12.8. The number of ether oxygens (including phenoxy) is 2. The first kappa shape index (κ1) is 22.5. The van der Waals surface area contributed by atoms with Crippen molar-refractivity contribution in [1.29, 1.82) is 0 Å². The summed E-state index contributed by atoms with van der Waals surface area (Å²) in [5.41, 5.74) is 2.06. The van der Waals surface area contributed by atoms with Gasteiger partial charge >= 0.3 is 5.97 Å². The van der Waals surface area contributed by atoms with Gasteiger partial charge in [-0.3, -0.25) is 14.6 Å². The van der Waals surface area contributed by atoms with Crippen molar-refractivity contribution >= 4 is 34.5 Å². The maximum Gasteiger partial charge on any atom is 0.319 e. The minimum atomic E-state index is -0.951. The Labute approximate surface area is 185 Å². The topological polar surface area (TPSA) is 109 Å². The van der Waals surface area contributed by atoms with Crippen molar-refractivity contribution in [3.05, 3.63) is 53.6 Å². The van der Waals surface area contributed by atoms with E-state index in [0.29, 0.717) is 28.7 Å². The average molecular weight is 444 g/mol. The standard InChI is InChI=1S/C22H25N3O5S/c1-13(2)30-17-9-15(20(26)25-22-24-12-19(31-22)21(27)28)8-16(10-17)23-11-14-6-4-5-7-18(14)29-3/h4-10,13,19,23H,11-12H2,1-3H3,(H,27,28)(H,24,25,26). The van der Waals surface area contributed by atoms with E-state index in [9.17, 15) is 9.59 Å². The molecule has 0 saturated carbocycles. The third-order valence-electron chi connectivity index (χ3n) is 4.37. The highest BCUT2D eigenvalue weighted by atomic mass is 32.2. The molecule has 31 heavy (non-hydrogen) atoms. The lowest BCUT2D eigenvalue weighted by molar-refractivity contribution is -0.136. The van der Waals surface area contributed by atoms with E-state index in [1.165, 1.54) is 0 Å². The summed E-state index contributed by atoms with van der Waals surface area (Å²) in [5.74, 6) is -0.0126. The molecular formula is C22H25N3O5S. The quantitative estimate of drug-likeness (QED) is 0.574. The third-order valence-corrected chi connectivity index (χ3v) is 5.46. The maximum atomic E-state index is 12.8. The number of carbonyl (C=O) groups excluding carboxylic acids is 1. The monoisotopic (exact) mass is 443 g/mol. The van der Waals surface area contributed by atoms with Crippen molar-refractivity contribution in [3.8, 4) is 11.5 Å². The van der Waals surface area contributed by atoms with Gasteiger partial charge in [-0.15, -0.1) is 0 Å². The molecule has 0 fully saturated rings. The number of rotatable bonds is 8. The summed E-state index contributed by atoms with van der Waals surface area (Å²) in [6.07, 6.45) is -0.0635. The van der Waals surface area contributed by atoms with Gasteiger partial charge < -0.3 is 25.2 Å². The first-order chi connectivity index (χ1) is 14.9. The number of nitrogens with zero attached hydrogens (tertiary/aromatic N) is 1. The van der Waals surface area contributed by atoms with E-state index in [-0.39, 0.29) is 18.6 Å². The van der Waals surface area contributed by atoms with Crippen LogP contribution < -0.4 is 20.1 Å². The molecule has 0 aliphatic carbocycles. The number of carbonyl (C=O) groups is 2. The van der Waals surface area contributed by atoms with Gasteiger partial charge in [0.1, 0.15) is 16.7 Å². The molecule has 1 aliphatic rings. The van der Waals surface area contributed by atoms with Crippen molar-refractivity contribution in [1.82, 2.24) is 5.32 Å². The molecule has 0 bridgehead atoms. The predicted molar refractivity (Wildman–Crippen MR) is 121 cm³/mol. The van der Waals surface area contributed by atoms with Gasteiger partial charge in [0.2, 0.25) is 0 Å². The fraction of sp³-hybridized carbons (Fsp3) is 0.318. The van der Waals surface area contributed by atoms with Crippen molar-refractivity contribution in [3.63, 3.8) is 0 Å². The highest BCUT2D eigenvalue weighted by molar-refractivity contribution is 8.15. The number of amides is 1. The number of carboxylic acids is 1. The molecule has 164 valence electrons. The molecular weight excluding hydrogens is 418 g/mol. The van der Waals surface area contributed by atoms with E-state index in [1.807, 2.05) is 44.2 Å². The number of benzene rings is 2. The molecule has 0 spiro atoms. The van der Waals surface area contributed by atoms with Crippen LogP contribution in [0, 0.1) is 0 Å². The van der Waals surface area contributed by atoms with Crippen LogP contribution in [0.3, 0.4) is 0 Å². The second-order valence-corrected chi connectivity index (χ2v) is 8.31. The van der Waals surface area contributed by atoms with Crippen LogP contribution in [0.15, 0.2) is 47.5 Å². The smallest absolute Gasteiger partial charge is 0.319 e. The number of amidine groups is 1. The van der Waals surface area contributed by atoms with Gasteiger partial charge in [0.25, 0.3) is 5.91 Å². The first-order valence-electron chi connectivity index (χ1n) is 9.78. The van der Waals surface area contributed by atoms with Gasteiger partial charge in [0.15, 0.2) is 5.17 Å². The molecule has 9 heteroatoms. The number of methoxy groups -OCH3 is 1. The average Bonchev–Trinajstić information content (AvgIpc) is 3.20. The first-order valence-corrected chi connectivity index (χ1v) is 10.7. The Morgan fingerprint density at radius 1 is 1.26 bits per heavy atom. The van der Waals surface area contributed by atoms with E-state index >= 15 is 0 Å². The van der Waals surface area contributed by atoms with Crippen molar-refractivity contribution in [2.45, 2.75) is 31.7 Å². The zero-order valence-corrected chi connectivity index (χ0v) is 18.4. The summed E-state index contributed by atoms with van der Waals surface area (Å²) in [6.45, 7) is 4.45. The van der Waals surface area contributed by atoms with E-state index in [1.54, 1.807) is 19.2 Å². The Kier molecular flexibility index (Phi) is 7.41. The van der Waals surface area contributed by atoms with Crippen LogP contribution in [0.2, 0.25) is 0 Å². The molecule has 1 aliphatic heterocycles. The van der Waals surface area contributed by atoms with Gasteiger partial charge in [-0.2, -0.15) is 0 Å². The van der Waals surface area contributed by atoms with Crippen molar-refractivity contribution in [2.75, 3.05) is 19.0 Å². The van der Waals surface area contributed by atoms with Gasteiger partial charge in [0, 0.05) is 29.4 Å². The highest BCUT2D eigenvalue weighted by Gasteiger charge is 2.27. The van der Waals surface area contributed by atoms with E-state index in [0.717, 1.165) is 23.1 Å². The predicted octanol–water partition coefficient (Wildman–Crippen LogP) is 3.38. The van der Waals surface area contributed by atoms with E-state index < -0.39 is 11.2 Å². The Hall–Kier alpha value is -3.20. The van der Waals surface area contributed by atoms with Crippen molar-refractivity contribution < 1.29 is 24.2 Å². The molecule has 3 N–H and O–H groups in total. The highest BCUT2D eigenvalue weighted by Crippen LogP contribution is 2.25. The number of hydrogen-bond donors (Lipinski definition) is 3. The van der Waals surface area contributed by atoms with Gasteiger partial charge in [-0.25, -0.2) is 0 Å². The molecule has 1 unspecified atom stereocenters. The Balaban J connectivity index is 1.76. The van der Waals surface area contributed by atoms with Crippen LogP contribution in [-0.2, 0) is 11.3 Å². The second kappa shape index (κ2) is 10.2. The number of anilines is 1. The van der Waals surface area contributed by atoms with Crippen LogP contribution in [0.1, 0.15) is 29.8 Å². The Morgan fingerprint density at radius 2 is 2.03 bits per heavy atom. The lowest BCUT2D eigenvalue weighted by Crippen LogP contribution is -2.28. The minimum absolute atomic E-state index is 0.0635. The molecule has 3 rings (SSSR count). The number of para-hydroxylation sites is 1. The molecule has 1 atom stereocenters.